The number of hydrogen-bond acceptors (Lipinski definition) is 3. The van der Waals surface area contributed by atoms with E-state index in [1.54, 1.807) is 24.3 Å². The topological polar surface area (TPSA) is 58.6 Å². The standard InChI is InChI=1S/C15H23NO3/c1-3-12(4-2)11-16-8-9-19-14-7-5-6-13(10-14)15(17)18/h5-7,10,12,16H,3-4,8-9,11H2,1-2H3,(H,17,18). The maximum absolute atomic E-state index is 10.8. The maximum atomic E-state index is 10.8. The summed E-state index contributed by atoms with van der Waals surface area (Å²) in [6.07, 6.45) is 2.37. The van der Waals surface area contributed by atoms with Crippen LogP contribution in [0.4, 0.5) is 0 Å². The number of rotatable bonds is 9. The van der Waals surface area contributed by atoms with Crippen LogP contribution in [-0.4, -0.2) is 30.8 Å². The molecule has 0 saturated carbocycles. The van der Waals surface area contributed by atoms with Gasteiger partial charge in [0.2, 0.25) is 0 Å². The van der Waals surface area contributed by atoms with Crippen molar-refractivity contribution in [3.63, 3.8) is 0 Å². The molecule has 1 aromatic rings. The molecule has 0 unspecified atom stereocenters. The number of hydrogen-bond donors (Lipinski definition) is 2. The third-order valence-electron chi connectivity index (χ3n) is 3.22. The van der Waals surface area contributed by atoms with Gasteiger partial charge in [-0.1, -0.05) is 32.8 Å². The second kappa shape index (κ2) is 8.53. The summed E-state index contributed by atoms with van der Waals surface area (Å²) in [5, 5.41) is 12.2. The normalized spacial score (nSPS) is 10.7. The van der Waals surface area contributed by atoms with E-state index in [2.05, 4.69) is 19.2 Å². The van der Waals surface area contributed by atoms with Gasteiger partial charge in [-0.05, 0) is 30.7 Å². The molecule has 0 heterocycles. The smallest absolute Gasteiger partial charge is 0.335 e. The molecular formula is C15H23NO3. The summed E-state index contributed by atoms with van der Waals surface area (Å²) in [5.74, 6) is 0.386. The molecule has 0 atom stereocenters. The van der Waals surface area contributed by atoms with Crippen LogP contribution in [0.25, 0.3) is 0 Å². The van der Waals surface area contributed by atoms with Gasteiger partial charge < -0.3 is 15.2 Å². The number of carboxylic acid groups (broad SMARTS) is 1. The first-order valence-corrected chi connectivity index (χ1v) is 6.84. The summed E-state index contributed by atoms with van der Waals surface area (Å²) >= 11 is 0. The van der Waals surface area contributed by atoms with E-state index < -0.39 is 5.97 Å². The van der Waals surface area contributed by atoms with Crippen LogP contribution >= 0.6 is 0 Å². The lowest BCUT2D eigenvalue weighted by Gasteiger charge is -2.13. The van der Waals surface area contributed by atoms with Crippen molar-refractivity contribution >= 4 is 5.97 Å². The minimum Gasteiger partial charge on any atom is -0.492 e. The number of carboxylic acids is 1. The van der Waals surface area contributed by atoms with Crippen molar-refractivity contribution in [1.29, 1.82) is 0 Å². The van der Waals surface area contributed by atoms with Gasteiger partial charge in [-0.3, -0.25) is 0 Å². The van der Waals surface area contributed by atoms with Crippen molar-refractivity contribution in [2.45, 2.75) is 26.7 Å². The van der Waals surface area contributed by atoms with Gasteiger partial charge in [0.1, 0.15) is 12.4 Å². The summed E-state index contributed by atoms with van der Waals surface area (Å²) in [4.78, 5) is 10.8. The average molecular weight is 265 g/mol. The maximum Gasteiger partial charge on any atom is 0.335 e. The third kappa shape index (κ3) is 5.75. The van der Waals surface area contributed by atoms with Crippen LogP contribution in [0.15, 0.2) is 24.3 Å². The molecule has 0 aliphatic heterocycles. The Kier molecular flexibility index (Phi) is 6.97. The quantitative estimate of drug-likeness (QED) is 0.674. The minimum atomic E-state index is -0.933. The highest BCUT2D eigenvalue weighted by atomic mass is 16.5. The third-order valence-corrected chi connectivity index (χ3v) is 3.22. The first-order valence-electron chi connectivity index (χ1n) is 6.84. The Morgan fingerprint density at radius 1 is 1.37 bits per heavy atom. The van der Waals surface area contributed by atoms with Crippen LogP contribution in [0.3, 0.4) is 0 Å². The van der Waals surface area contributed by atoms with Crippen LogP contribution in [-0.2, 0) is 0 Å². The predicted octanol–water partition coefficient (Wildman–Crippen LogP) is 2.79. The van der Waals surface area contributed by atoms with Crippen LogP contribution in [0.2, 0.25) is 0 Å². The molecule has 0 aromatic heterocycles. The summed E-state index contributed by atoms with van der Waals surface area (Å²) in [6.45, 7) is 6.72. The first kappa shape index (κ1) is 15.5. The first-order chi connectivity index (χ1) is 9.17. The van der Waals surface area contributed by atoms with Crippen molar-refractivity contribution in [3.8, 4) is 5.75 Å². The molecular weight excluding hydrogens is 242 g/mol. The molecule has 0 aliphatic rings. The van der Waals surface area contributed by atoms with E-state index in [4.69, 9.17) is 9.84 Å². The Bertz CT molecular complexity index is 389. The Morgan fingerprint density at radius 3 is 2.74 bits per heavy atom. The molecule has 0 amide bonds. The van der Waals surface area contributed by atoms with Crippen molar-refractivity contribution < 1.29 is 14.6 Å². The van der Waals surface area contributed by atoms with E-state index in [9.17, 15) is 4.79 Å². The molecule has 0 fully saturated rings. The van der Waals surface area contributed by atoms with Crippen molar-refractivity contribution in [2.24, 2.45) is 5.92 Å². The van der Waals surface area contributed by atoms with Gasteiger partial charge in [0, 0.05) is 6.54 Å². The fourth-order valence-electron chi connectivity index (χ4n) is 1.84. The predicted molar refractivity (Wildman–Crippen MR) is 75.8 cm³/mol. The van der Waals surface area contributed by atoms with Crippen LogP contribution in [0, 0.1) is 5.92 Å². The lowest BCUT2D eigenvalue weighted by atomic mass is 10.0. The van der Waals surface area contributed by atoms with Crippen LogP contribution in [0.1, 0.15) is 37.0 Å². The SMILES string of the molecule is CCC(CC)CNCCOc1cccc(C(=O)O)c1. The Labute approximate surface area is 114 Å². The Hall–Kier alpha value is -1.55. The molecule has 0 spiro atoms. The molecule has 0 bridgehead atoms. The number of ether oxygens (including phenoxy) is 1. The van der Waals surface area contributed by atoms with Crippen LogP contribution < -0.4 is 10.1 Å². The van der Waals surface area contributed by atoms with Crippen molar-refractivity contribution in [3.05, 3.63) is 29.8 Å². The number of benzene rings is 1. The molecule has 1 aromatic carbocycles. The molecule has 0 aliphatic carbocycles. The number of nitrogens with one attached hydrogen (secondary N) is 1. The largest absolute Gasteiger partial charge is 0.492 e. The second-order valence-electron chi connectivity index (χ2n) is 4.57. The molecule has 1 rings (SSSR count). The second-order valence-corrected chi connectivity index (χ2v) is 4.57. The molecule has 106 valence electrons. The molecule has 0 radical (unpaired) electrons. The van der Waals surface area contributed by atoms with Gasteiger partial charge in [-0.15, -0.1) is 0 Å². The minimum absolute atomic E-state index is 0.252. The molecule has 0 saturated heterocycles. The molecule has 19 heavy (non-hydrogen) atoms. The summed E-state index contributed by atoms with van der Waals surface area (Å²) < 4.78 is 5.52. The van der Waals surface area contributed by atoms with Gasteiger partial charge >= 0.3 is 5.97 Å². The summed E-state index contributed by atoms with van der Waals surface area (Å²) in [5.41, 5.74) is 0.252. The van der Waals surface area contributed by atoms with Gasteiger partial charge in [0.25, 0.3) is 0 Å². The van der Waals surface area contributed by atoms with E-state index in [0.717, 1.165) is 19.0 Å². The van der Waals surface area contributed by atoms with Crippen LogP contribution in [0.5, 0.6) is 5.75 Å². The Morgan fingerprint density at radius 2 is 2.11 bits per heavy atom. The zero-order valence-corrected chi connectivity index (χ0v) is 11.7. The molecule has 4 nitrogen and oxygen atoms in total. The van der Waals surface area contributed by atoms with Gasteiger partial charge in [-0.25, -0.2) is 4.79 Å². The lowest BCUT2D eigenvalue weighted by Crippen LogP contribution is -2.26. The fraction of sp³-hybridized carbons (Fsp3) is 0.533. The van der Waals surface area contributed by atoms with E-state index in [0.29, 0.717) is 12.4 Å². The molecule has 2 N–H and O–H groups in total. The highest BCUT2D eigenvalue weighted by Gasteiger charge is 2.04. The zero-order valence-electron chi connectivity index (χ0n) is 11.7. The van der Waals surface area contributed by atoms with E-state index in [1.165, 1.54) is 12.8 Å². The van der Waals surface area contributed by atoms with E-state index in [-0.39, 0.29) is 5.56 Å². The molecule has 4 heteroatoms. The summed E-state index contributed by atoms with van der Waals surface area (Å²) in [7, 11) is 0. The highest BCUT2D eigenvalue weighted by Crippen LogP contribution is 2.13. The van der Waals surface area contributed by atoms with E-state index >= 15 is 0 Å². The Balaban J connectivity index is 2.26. The lowest BCUT2D eigenvalue weighted by molar-refractivity contribution is 0.0696. The van der Waals surface area contributed by atoms with Gasteiger partial charge in [-0.2, -0.15) is 0 Å². The van der Waals surface area contributed by atoms with Gasteiger partial charge in [0.05, 0.1) is 5.56 Å². The highest BCUT2D eigenvalue weighted by molar-refractivity contribution is 5.87. The number of aromatic carboxylic acids is 1. The monoisotopic (exact) mass is 265 g/mol. The fourth-order valence-corrected chi connectivity index (χ4v) is 1.84. The zero-order chi connectivity index (χ0) is 14.1. The van der Waals surface area contributed by atoms with E-state index in [1.807, 2.05) is 0 Å². The average Bonchev–Trinajstić information content (AvgIpc) is 2.43. The van der Waals surface area contributed by atoms with Gasteiger partial charge in [0.15, 0.2) is 0 Å². The van der Waals surface area contributed by atoms with Crippen molar-refractivity contribution in [1.82, 2.24) is 5.32 Å². The summed E-state index contributed by atoms with van der Waals surface area (Å²) in [6, 6.07) is 6.56. The number of carbonyl (C=O) groups is 1. The van der Waals surface area contributed by atoms with Crippen molar-refractivity contribution in [2.75, 3.05) is 19.7 Å².